The number of hydrogen-bond donors (Lipinski definition) is 0. The first kappa shape index (κ1) is 13.3. The minimum atomic E-state index is -0.299. The van der Waals surface area contributed by atoms with E-state index in [1.54, 1.807) is 0 Å². The first-order valence-corrected chi connectivity index (χ1v) is 7.67. The molecule has 2 saturated heterocycles. The SMILES string of the molecule is CC1(C)OB(C2=CC3CC4(OCCO4)C3C2)OC1(C)C. The van der Waals surface area contributed by atoms with Crippen LogP contribution in [-0.4, -0.2) is 37.3 Å². The van der Waals surface area contributed by atoms with Crippen molar-refractivity contribution in [1.82, 2.24) is 0 Å². The van der Waals surface area contributed by atoms with Crippen molar-refractivity contribution in [2.75, 3.05) is 13.2 Å². The molecule has 2 atom stereocenters. The van der Waals surface area contributed by atoms with Gasteiger partial charge in [-0.15, -0.1) is 0 Å². The van der Waals surface area contributed by atoms with Gasteiger partial charge in [-0.05, 0) is 45.5 Å². The standard InChI is InChI=1S/C15H23BO4/c1-13(2)14(3,4)20-16(19-13)11-7-10-9-15(12(10)8-11)17-5-6-18-15/h7,10,12H,5-6,8-9H2,1-4H3. The van der Waals surface area contributed by atoms with Crippen molar-refractivity contribution in [2.24, 2.45) is 11.8 Å². The molecule has 0 N–H and O–H groups in total. The highest BCUT2D eigenvalue weighted by atomic mass is 16.7. The predicted molar refractivity (Wildman–Crippen MR) is 75.0 cm³/mol. The Hall–Kier alpha value is -0.355. The lowest BCUT2D eigenvalue weighted by molar-refractivity contribution is -0.262. The summed E-state index contributed by atoms with van der Waals surface area (Å²) in [5, 5.41) is 0. The molecule has 1 spiro atoms. The Balaban J connectivity index is 1.49. The van der Waals surface area contributed by atoms with Gasteiger partial charge in [-0.25, -0.2) is 0 Å². The molecule has 0 aromatic rings. The molecule has 4 aliphatic rings. The third-order valence-electron chi connectivity index (χ3n) is 5.82. The molecule has 4 nitrogen and oxygen atoms in total. The van der Waals surface area contributed by atoms with Gasteiger partial charge in [0.2, 0.25) is 0 Å². The van der Waals surface area contributed by atoms with Crippen LogP contribution in [0.2, 0.25) is 0 Å². The van der Waals surface area contributed by atoms with Crippen molar-refractivity contribution in [3.63, 3.8) is 0 Å². The quantitative estimate of drug-likeness (QED) is 0.690. The second-order valence-corrected chi connectivity index (χ2v) is 7.52. The van der Waals surface area contributed by atoms with Crippen LogP contribution in [-0.2, 0) is 18.8 Å². The number of ether oxygens (including phenoxy) is 2. The Morgan fingerprint density at radius 1 is 1.05 bits per heavy atom. The number of fused-ring (bicyclic) bond motifs is 2. The summed E-state index contributed by atoms with van der Waals surface area (Å²) in [6.07, 6.45) is 4.30. The highest BCUT2D eigenvalue weighted by molar-refractivity contribution is 6.54. The minimum absolute atomic E-state index is 0.205. The zero-order valence-electron chi connectivity index (χ0n) is 12.8. The van der Waals surface area contributed by atoms with Crippen LogP contribution in [0.3, 0.4) is 0 Å². The molecule has 0 aromatic carbocycles. The number of hydrogen-bond acceptors (Lipinski definition) is 4. The molecule has 5 heteroatoms. The number of allylic oxidation sites excluding steroid dienone is 2. The third kappa shape index (κ3) is 1.64. The van der Waals surface area contributed by atoms with Crippen molar-refractivity contribution < 1.29 is 18.8 Å². The largest absolute Gasteiger partial charge is 0.490 e. The van der Waals surface area contributed by atoms with Gasteiger partial charge < -0.3 is 18.8 Å². The fourth-order valence-electron chi connectivity index (χ4n) is 3.84. The van der Waals surface area contributed by atoms with Gasteiger partial charge in [-0.1, -0.05) is 6.08 Å². The van der Waals surface area contributed by atoms with Crippen LogP contribution in [0.5, 0.6) is 0 Å². The molecule has 20 heavy (non-hydrogen) atoms. The van der Waals surface area contributed by atoms with Crippen molar-refractivity contribution in [1.29, 1.82) is 0 Å². The molecule has 0 bridgehead atoms. The lowest BCUT2D eigenvalue weighted by Gasteiger charge is -2.47. The van der Waals surface area contributed by atoms with Crippen LogP contribution in [0.4, 0.5) is 0 Å². The molecule has 2 aliphatic heterocycles. The summed E-state index contributed by atoms with van der Waals surface area (Å²) < 4.78 is 24.0. The van der Waals surface area contributed by atoms with Crippen LogP contribution < -0.4 is 0 Å². The second kappa shape index (κ2) is 3.89. The van der Waals surface area contributed by atoms with Crippen LogP contribution in [0.15, 0.2) is 11.5 Å². The maximum absolute atomic E-state index is 6.15. The summed E-state index contributed by atoms with van der Waals surface area (Å²) in [7, 11) is -0.205. The summed E-state index contributed by atoms with van der Waals surface area (Å²) in [5.74, 6) is 0.730. The maximum atomic E-state index is 6.15. The van der Waals surface area contributed by atoms with Crippen molar-refractivity contribution in [2.45, 2.75) is 57.5 Å². The molecule has 2 aliphatic carbocycles. The Bertz CT molecular complexity index is 448. The summed E-state index contributed by atoms with van der Waals surface area (Å²) in [5.41, 5.74) is 0.741. The summed E-state index contributed by atoms with van der Waals surface area (Å²) >= 11 is 0. The van der Waals surface area contributed by atoms with E-state index in [1.807, 2.05) is 0 Å². The lowest BCUT2D eigenvalue weighted by atomic mass is 9.68. The van der Waals surface area contributed by atoms with Crippen molar-refractivity contribution >= 4 is 7.12 Å². The van der Waals surface area contributed by atoms with E-state index in [0.717, 1.165) is 26.1 Å². The smallest absolute Gasteiger partial charge is 0.400 e. The van der Waals surface area contributed by atoms with Gasteiger partial charge in [-0.3, -0.25) is 0 Å². The van der Waals surface area contributed by atoms with Gasteiger partial charge in [0.05, 0.1) is 24.4 Å². The van der Waals surface area contributed by atoms with Gasteiger partial charge in [0.15, 0.2) is 5.79 Å². The fraction of sp³-hybridized carbons (Fsp3) is 0.867. The minimum Gasteiger partial charge on any atom is -0.400 e. The lowest BCUT2D eigenvalue weighted by Crippen LogP contribution is -2.52. The van der Waals surface area contributed by atoms with Gasteiger partial charge in [-0.2, -0.15) is 0 Å². The van der Waals surface area contributed by atoms with Crippen LogP contribution in [0, 0.1) is 11.8 Å². The number of rotatable bonds is 1. The third-order valence-corrected chi connectivity index (χ3v) is 5.82. The Kier molecular flexibility index (Phi) is 2.59. The highest BCUT2D eigenvalue weighted by Gasteiger charge is 2.62. The van der Waals surface area contributed by atoms with E-state index in [2.05, 4.69) is 33.8 Å². The maximum Gasteiger partial charge on any atom is 0.490 e. The molecule has 1 saturated carbocycles. The van der Waals surface area contributed by atoms with Crippen LogP contribution in [0.25, 0.3) is 0 Å². The normalized spacial score (nSPS) is 39.8. The second-order valence-electron chi connectivity index (χ2n) is 7.52. The average Bonchev–Trinajstić information content (AvgIpc) is 2.96. The summed E-state index contributed by atoms with van der Waals surface area (Å²) in [6, 6.07) is 0. The van der Waals surface area contributed by atoms with E-state index in [0.29, 0.717) is 11.8 Å². The van der Waals surface area contributed by atoms with E-state index >= 15 is 0 Å². The molecular weight excluding hydrogens is 255 g/mol. The summed E-state index contributed by atoms with van der Waals surface area (Å²) in [4.78, 5) is 0. The zero-order valence-corrected chi connectivity index (χ0v) is 12.8. The van der Waals surface area contributed by atoms with Gasteiger partial charge >= 0.3 is 7.12 Å². The topological polar surface area (TPSA) is 36.9 Å². The van der Waals surface area contributed by atoms with E-state index in [-0.39, 0.29) is 24.1 Å². The van der Waals surface area contributed by atoms with E-state index < -0.39 is 0 Å². The Morgan fingerprint density at radius 3 is 2.25 bits per heavy atom. The fourth-order valence-corrected chi connectivity index (χ4v) is 3.84. The van der Waals surface area contributed by atoms with Gasteiger partial charge in [0, 0.05) is 12.3 Å². The van der Waals surface area contributed by atoms with E-state index in [9.17, 15) is 0 Å². The highest BCUT2D eigenvalue weighted by Crippen LogP contribution is 2.57. The van der Waals surface area contributed by atoms with E-state index in [1.165, 1.54) is 5.47 Å². The summed E-state index contributed by atoms with van der Waals surface area (Å²) in [6.45, 7) is 9.86. The van der Waals surface area contributed by atoms with Gasteiger partial charge in [0.1, 0.15) is 0 Å². The van der Waals surface area contributed by atoms with Gasteiger partial charge in [0.25, 0.3) is 0 Å². The molecule has 2 heterocycles. The Morgan fingerprint density at radius 2 is 1.65 bits per heavy atom. The zero-order chi connectivity index (χ0) is 14.2. The molecule has 3 fully saturated rings. The average molecular weight is 278 g/mol. The van der Waals surface area contributed by atoms with E-state index in [4.69, 9.17) is 18.8 Å². The molecule has 110 valence electrons. The molecule has 0 aromatic heterocycles. The Labute approximate surface area is 120 Å². The first-order valence-electron chi connectivity index (χ1n) is 7.67. The first-order chi connectivity index (χ1) is 9.33. The molecule has 4 rings (SSSR count). The van der Waals surface area contributed by atoms with Crippen LogP contribution in [0.1, 0.15) is 40.5 Å². The molecular formula is C15H23BO4. The van der Waals surface area contributed by atoms with Crippen molar-refractivity contribution in [3.05, 3.63) is 11.5 Å². The monoisotopic (exact) mass is 278 g/mol. The molecule has 0 amide bonds. The van der Waals surface area contributed by atoms with Crippen molar-refractivity contribution in [3.8, 4) is 0 Å². The molecule has 2 unspecified atom stereocenters. The van der Waals surface area contributed by atoms with Crippen LogP contribution >= 0.6 is 0 Å². The molecule has 0 radical (unpaired) electrons. The predicted octanol–water partition coefficient (Wildman–Crippen LogP) is 2.33.